The van der Waals surface area contributed by atoms with Gasteiger partial charge < -0.3 is 19.9 Å². The molecule has 0 radical (unpaired) electrons. The van der Waals surface area contributed by atoms with Crippen LogP contribution in [0.2, 0.25) is 0 Å². The van der Waals surface area contributed by atoms with E-state index in [1.807, 2.05) is 42.1 Å². The van der Waals surface area contributed by atoms with Crippen LogP contribution >= 0.6 is 0 Å². The zero-order valence-electron chi connectivity index (χ0n) is 15.7. The first-order chi connectivity index (χ1) is 13.6. The van der Waals surface area contributed by atoms with Crippen LogP contribution in [-0.2, 0) is 11.8 Å². The second-order valence-corrected chi connectivity index (χ2v) is 6.21. The number of aromatic nitrogens is 2. The van der Waals surface area contributed by atoms with Crippen molar-refractivity contribution < 1.29 is 9.53 Å². The van der Waals surface area contributed by atoms with Gasteiger partial charge in [0.1, 0.15) is 17.6 Å². The first-order valence-corrected chi connectivity index (χ1v) is 8.75. The van der Waals surface area contributed by atoms with E-state index in [0.29, 0.717) is 5.56 Å². The molecule has 0 aliphatic carbocycles. The van der Waals surface area contributed by atoms with Crippen molar-refractivity contribution in [2.45, 2.75) is 6.04 Å². The summed E-state index contributed by atoms with van der Waals surface area (Å²) in [6, 6.07) is 16.1. The lowest BCUT2D eigenvalue weighted by Gasteiger charge is -2.20. The van der Waals surface area contributed by atoms with E-state index in [2.05, 4.69) is 21.7 Å². The molecule has 7 heteroatoms. The fourth-order valence-corrected chi connectivity index (χ4v) is 2.81. The molecule has 1 unspecified atom stereocenters. The van der Waals surface area contributed by atoms with Crippen molar-refractivity contribution in [2.75, 3.05) is 19.0 Å². The molecule has 1 amide bonds. The van der Waals surface area contributed by atoms with E-state index in [0.717, 1.165) is 22.8 Å². The first kappa shape index (κ1) is 19.0. The molecule has 0 saturated heterocycles. The van der Waals surface area contributed by atoms with E-state index < -0.39 is 0 Å². The van der Waals surface area contributed by atoms with Gasteiger partial charge in [0.05, 0.1) is 25.3 Å². The summed E-state index contributed by atoms with van der Waals surface area (Å²) in [5, 5.41) is 14.9. The number of nitrogens with zero attached hydrogens (tertiary/aromatic N) is 3. The minimum atomic E-state index is -0.388. The molecule has 1 aromatic heterocycles. The minimum Gasteiger partial charge on any atom is -0.497 e. The molecule has 7 nitrogen and oxygen atoms in total. The maximum absolute atomic E-state index is 12.6. The molecule has 1 atom stereocenters. The standard InChI is InChI=1S/C21H21N5O2/c1-26-12-11-23-21(26)20(16-5-9-18(28-2)10-6-16)25-19(27)14-24-17-7-3-15(13-22)4-8-17/h3-12,20,24H,14H2,1-2H3,(H,25,27). The molecule has 2 N–H and O–H groups in total. The number of benzene rings is 2. The van der Waals surface area contributed by atoms with E-state index in [1.165, 1.54) is 0 Å². The van der Waals surface area contributed by atoms with Crippen LogP contribution < -0.4 is 15.4 Å². The van der Waals surface area contributed by atoms with Crippen molar-refractivity contribution >= 4 is 11.6 Å². The number of anilines is 1. The Balaban J connectivity index is 1.72. The SMILES string of the molecule is COc1ccc(C(NC(=O)CNc2ccc(C#N)cc2)c2nccn2C)cc1. The van der Waals surface area contributed by atoms with Gasteiger partial charge in [0, 0.05) is 25.1 Å². The highest BCUT2D eigenvalue weighted by Gasteiger charge is 2.20. The summed E-state index contributed by atoms with van der Waals surface area (Å²) in [5.74, 6) is 1.31. The monoisotopic (exact) mass is 375 g/mol. The van der Waals surface area contributed by atoms with Crippen molar-refractivity contribution in [3.8, 4) is 11.8 Å². The van der Waals surface area contributed by atoms with Crippen LogP contribution in [-0.4, -0.2) is 29.1 Å². The molecule has 0 saturated carbocycles. The van der Waals surface area contributed by atoms with Gasteiger partial charge in [-0.05, 0) is 42.0 Å². The Morgan fingerprint density at radius 2 is 1.93 bits per heavy atom. The fraction of sp³-hybridized carbons (Fsp3) is 0.190. The number of nitrogens with one attached hydrogen (secondary N) is 2. The van der Waals surface area contributed by atoms with E-state index in [1.54, 1.807) is 37.6 Å². The predicted octanol–water partition coefficient (Wildman–Crippen LogP) is 2.62. The third-order valence-electron chi connectivity index (χ3n) is 4.34. The molecule has 0 bridgehead atoms. The summed E-state index contributed by atoms with van der Waals surface area (Å²) in [6.45, 7) is 0.100. The van der Waals surface area contributed by atoms with E-state index >= 15 is 0 Å². The van der Waals surface area contributed by atoms with Gasteiger partial charge in [-0.25, -0.2) is 4.98 Å². The number of carbonyl (C=O) groups is 1. The molecule has 3 rings (SSSR count). The molecule has 1 heterocycles. The third kappa shape index (κ3) is 4.48. The zero-order valence-corrected chi connectivity index (χ0v) is 15.7. The first-order valence-electron chi connectivity index (χ1n) is 8.75. The van der Waals surface area contributed by atoms with Crippen LogP contribution in [0.25, 0.3) is 0 Å². The average Bonchev–Trinajstić information content (AvgIpc) is 3.16. The summed E-state index contributed by atoms with van der Waals surface area (Å²) < 4.78 is 7.09. The number of methoxy groups -OCH3 is 1. The number of aryl methyl sites for hydroxylation is 1. The number of hydrogen-bond donors (Lipinski definition) is 2. The molecular formula is C21H21N5O2. The van der Waals surface area contributed by atoms with Crippen molar-refractivity contribution in [3.63, 3.8) is 0 Å². The number of amides is 1. The molecule has 2 aromatic carbocycles. The Labute approximate surface area is 163 Å². The van der Waals surface area contributed by atoms with Crippen LogP contribution in [0.15, 0.2) is 60.9 Å². The molecular weight excluding hydrogens is 354 g/mol. The van der Waals surface area contributed by atoms with Crippen molar-refractivity contribution in [1.29, 1.82) is 5.26 Å². The smallest absolute Gasteiger partial charge is 0.240 e. The van der Waals surface area contributed by atoms with Gasteiger partial charge in [0.15, 0.2) is 0 Å². The van der Waals surface area contributed by atoms with Crippen LogP contribution in [0.4, 0.5) is 5.69 Å². The molecule has 3 aromatic rings. The summed E-state index contributed by atoms with van der Waals surface area (Å²) in [6.07, 6.45) is 3.54. The van der Waals surface area contributed by atoms with Crippen molar-refractivity contribution in [3.05, 3.63) is 77.9 Å². The summed E-state index contributed by atoms with van der Waals surface area (Å²) in [7, 11) is 3.50. The summed E-state index contributed by atoms with van der Waals surface area (Å²) in [4.78, 5) is 17.0. The minimum absolute atomic E-state index is 0.100. The Bertz CT molecular complexity index is 971. The highest BCUT2D eigenvalue weighted by atomic mass is 16.5. The molecule has 0 spiro atoms. The molecule has 28 heavy (non-hydrogen) atoms. The van der Waals surface area contributed by atoms with Gasteiger partial charge in [0.25, 0.3) is 0 Å². The lowest BCUT2D eigenvalue weighted by molar-refractivity contribution is -0.119. The fourth-order valence-electron chi connectivity index (χ4n) is 2.81. The second kappa shape index (κ2) is 8.73. The number of hydrogen-bond acceptors (Lipinski definition) is 5. The number of imidazole rings is 1. The van der Waals surface area contributed by atoms with E-state index in [-0.39, 0.29) is 18.5 Å². The Kier molecular flexibility index (Phi) is 5.92. The van der Waals surface area contributed by atoms with Crippen LogP contribution in [0.1, 0.15) is 23.0 Å². The van der Waals surface area contributed by atoms with Crippen molar-refractivity contribution in [2.24, 2.45) is 7.05 Å². The lowest BCUT2D eigenvalue weighted by atomic mass is 10.1. The topological polar surface area (TPSA) is 92.0 Å². The molecule has 142 valence electrons. The van der Waals surface area contributed by atoms with Gasteiger partial charge in [0.2, 0.25) is 5.91 Å². The predicted molar refractivity (Wildman–Crippen MR) is 106 cm³/mol. The number of carbonyl (C=O) groups excluding carboxylic acids is 1. The second-order valence-electron chi connectivity index (χ2n) is 6.21. The Hall–Kier alpha value is -3.79. The highest BCUT2D eigenvalue weighted by Crippen LogP contribution is 2.23. The number of nitriles is 1. The molecule has 0 aliphatic rings. The maximum Gasteiger partial charge on any atom is 0.240 e. The van der Waals surface area contributed by atoms with Gasteiger partial charge in [-0.1, -0.05) is 12.1 Å². The number of ether oxygens (including phenoxy) is 1. The largest absolute Gasteiger partial charge is 0.497 e. The van der Waals surface area contributed by atoms with Gasteiger partial charge in [-0.2, -0.15) is 5.26 Å². The van der Waals surface area contributed by atoms with Crippen molar-refractivity contribution in [1.82, 2.24) is 14.9 Å². The third-order valence-corrected chi connectivity index (χ3v) is 4.34. The van der Waals surface area contributed by atoms with Crippen LogP contribution in [0.5, 0.6) is 5.75 Å². The zero-order chi connectivity index (χ0) is 19.9. The quantitative estimate of drug-likeness (QED) is 0.662. The Morgan fingerprint density at radius 1 is 1.21 bits per heavy atom. The van der Waals surface area contributed by atoms with Crippen LogP contribution in [0, 0.1) is 11.3 Å². The average molecular weight is 375 g/mol. The van der Waals surface area contributed by atoms with E-state index in [4.69, 9.17) is 10.00 Å². The van der Waals surface area contributed by atoms with Gasteiger partial charge >= 0.3 is 0 Å². The van der Waals surface area contributed by atoms with Crippen LogP contribution in [0.3, 0.4) is 0 Å². The normalized spacial score (nSPS) is 11.3. The summed E-state index contributed by atoms with van der Waals surface area (Å²) in [5.41, 5.74) is 2.25. The molecule has 0 aliphatic heterocycles. The lowest BCUT2D eigenvalue weighted by Crippen LogP contribution is -2.35. The molecule has 0 fully saturated rings. The number of rotatable bonds is 7. The van der Waals surface area contributed by atoms with Gasteiger partial charge in [-0.15, -0.1) is 0 Å². The van der Waals surface area contributed by atoms with E-state index in [9.17, 15) is 4.79 Å². The van der Waals surface area contributed by atoms with Gasteiger partial charge in [-0.3, -0.25) is 4.79 Å². The maximum atomic E-state index is 12.6. The summed E-state index contributed by atoms with van der Waals surface area (Å²) >= 11 is 0. The Morgan fingerprint density at radius 3 is 2.50 bits per heavy atom. The highest BCUT2D eigenvalue weighted by molar-refractivity contribution is 5.81.